The monoisotopic (exact) mass is 270 g/mol. The fourth-order valence-electron chi connectivity index (χ4n) is 2.30. The first-order chi connectivity index (χ1) is 9.74. The third-order valence-corrected chi connectivity index (χ3v) is 3.18. The molecule has 2 N–H and O–H groups in total. The Hall–Kier alpha value is -2.69. The van der Waals surface area contributed by atoms with Crippen LogP contribution in [0.2, 0.25) is 0 Å². The van der Waals surface area contributed by atoms with Crippen LogP contribution in [0.25, 0.3) is 22.1 Å². The fraction of sp³-hybridized carbons (Fsp3) is 0.133. The second kappa shape index (κ2) is 4.77. The maximum absolute atomic E-state index is 5.61. The number of anilines is 1. The van der Waals surface area contributed by atoms with Crippen LogP contribution < -0.4 is 15.2 Å². The van der Waals surface area contributed by atoms with E-state index < -0.39 is 0 Å². The van der Waals surface area contributed by atoms with Crippen molar-refractivity contribution in [2.24, 2.45) is 0 Å². The molecule has 3 aromatic rings. The average Bonchev–Trinajstić information content (AvgIpc) is 2.91. The van der Waals surface area contributed by atoms with Crippen molar-refractivity contribution < 1.29 is 14.0 Å². The summed E-state index contributed by atoms with van der Waals surface area (Å²) in [6.07, 6.45) is 0. The van der Waals surface area contributed by atoms with Crippen molar-refractivity contribution in [1.29, 1.82) is 0 Å². The largest absolute Gasteiger partial charge is 0.496 e. The minimum absolute atomic E-state index is 0.328. The number of nitrogens with zero attached hydrogens (tertiary/aromatic N) is 1. The predicted octanol–water partition coefficient (Wildman–Crippen LogP) is 3.09. The normalized spacial score (nSPS) is 10.7. The molecule has 0 saturated carbocycles. The van der Waals surface area contributed by atoms with Gasteiger partial charge in [0.15, 0.2) is 11.6 Å². The van der Waals surface area contributed by atoms with Crippen LogP contribution in [0, 0.1) is 0 Å². The Bertz CT molecular complexity index is 765. The number of nitrogen functional groups attached to an aromatic ring is 1. The number of aromatic nitrogens is 1. The van der Waals surface area contributed by atoms with Gasteiger partial charge in [-0.1, -0.05) is 29.4 Å². The minimum atomic E-state index is 0.328. The summed E-state index contributed by atoms with van der Waals surface area (Å²) < 4.78 is 16.2. The number of methoxy groups -OCH3 is 2. The first-order valence-corrected chi connectivity index (χ1v) is 6.11. The summed E-state index contributed by atoms with van der Waals surface area (Å²) in [6.45, 7) is 0. The molecule has 0 unspecified atom stereocenters. The van der Waals surface area contributed by atoms with E-state index in [0.717, 1.165) is 22.1 Å². The number of hydrogen-bond donors (Lipinski definition) is 1. The van der Waals surface area contributed by atoms with E-state index in [1.165, 1.54) is 0 Å². The Labute approximate surface area is 115 Å². The molecule has 1 heterocycles. The highest BCUT2D eigenvalue weighted by atomic mass is 16.5. The molecule has 0 aliphatic carbocycles. The summed E-state index contributed by atoms with van der Waals surface area (Å²) in [4.78, 5) is 0. The van der Waals surface area contributed by atoms with Gasteiger partial charge >= 0.3 is 0 Å². The molecule has 0 amide bonds. The van der Waals surface area contributed by atoms with Crippen LogP contribution in [-0.2, 0) is 0 Å². The Kier molecular flexibility index (Phi) is 2.95. The summed E-state index contributed by atoms with van der Waals surface area (Å²) >= 11 is 0. The second-order valence-electron chi connectivity index (χ2n) is 4.32. The van der Waals surface area contributed by atoms with E-state index in [4.69, 9.17) is 19.7 Å². The van der Waals surface area contributed by atoms with Gasteiger partial charge in [0.05, 0.1) is 19.8 Å². The molecule has 5 nitrogen and oxygen atoms in total. The lowest BCUT2D eigenvalue weighted by atomic mass is 10.0. The number of rotatable bonds is 3. The van der Waals surface area contributed by atoms with E-state index in [9.17, 15) is 0 Å². The van der Waals surface area contributed by atoms with Gasteiger partial charge in [-0.05, 0) is 6.07 Å². The smallest absolute Gasteiger partial charge is 0.172 e. The Morgan fingerprint density at radius 3 is 2.40 bits per heavy atom. The Morgan fingerprint density at radius 1 is 1.05 bits per heavy atom. The third-order valence-electron chi connectivity index (χ3n) is 3.18. The van der Waals surface area contributed by atoms with Crippen LogP contribution >= 0.6 is 0 Å². The van der Waals surface area contributed by atoms with Crippen LogP contribution in [0.1, 0.15) is 0 Å². The SMILES string of the molecule is COc1cc(-c2cc(N)no2)c(OC)c2ccccc12. The fourth-order valence-corrected chi connectivity index (χ4v) is 2.30. The van der Waals surface area contributed by atoms with Crippen LogP contribution in [-0.4, -0.2) is 19.4 Å². The predicted molar refractivity (Wildman–Crippen MR) is 77.0 cm³/mol. The minimum Gasteiger partial charge on any atom is -0.496 e. The molecule has 0 atom stereocenters. The Morgan fingerprint density at radius 2 is 1.80 bits per heavy atom. The summed E-state index contributed by atoms with van der Waals surface area (Å²) in [5.41, 5.74) is 6.37. The van der Waals surface area contributed by atoms with Crippen molar-refractivity contribution in [3.05, 3.63) is 36.4 Å². The first kappa shape index (κ1) is 12.3. The third kappa shape index (κ3) is 1.84. The summed E-state index contributed by atoms with van der Waals surface area (Å²) in [5, 5.41) is 5.63. The maximum Gasteiger partial charge on any atom is 0.172 e. The standard InChI is InChI=1S/C15H14N2O3/c1-18-12-7-11(13-8-14(16)17-20-13)15(19-2)10-6-4-3-5-9(10)12/h3-8H,1-2H3,(H2,16,17). The molecule has 0 saturated heterocycles. The second-order valence-corrected chi connectivity index (χ2v) is 4.32. The lowest BCUT2D eigenvalue weighted by Crippen LogP contribution is -1.93. The zero-order valence-corrected chi connectivity index (χ0v) is 11.2. The van der Waals surface area contributed by atoms with Crippen LogP contribution in [0.4, 0.5) is 5.82 Å². The molecule has 5 heteroatoms. The molecule has 0 bridgehead atoms. The van der Waals surface area contributed by atoms with E-state index in [1.807, 2.05) is 30.3 Å². The zero-order chi connectivity index (χ0) is 14.1. The first-order valence-electron chi connectivity index (χ1n) is 6.11. The molecule has 0 aliphatic rings. The molecule has 0 fully saturated rings. The molecule has 1 aromatic heterocycles. The molecule has 102 valence electrons. The number of fused-ring (bicyclic) bond motifs is 1. The highest BCUT2D eigenvalue weighted by Crippen LogP contribution is 2.42. The number of hydrogen-bond acceptors (Lipinski definition) is 5. The topological polar surface area (TPSA) is 70.5 Å². The maximum atomic E-state index is 5.61. The summed E-state index contributed by atoms with van der Waals surface area (Å²) in [6, 6.07) is 11.4. The van der Waals surface area contributed by atoms with Gasteiger partial charge in [-0.25, -0.2) is 0 Å². The van der Waals surface area contributed by atoms with Crippen LogP contribution in [0.15, 0.2) is 40.9 Å². The van der Waals surface area contributed by atoms with Gasteiger partial charge in [-0.15, -0.1) is 0 Å². The summed E-state index contributed by atoms with van der Waals surface area (Å²) in [7, 11) is 3.25. The van der Waals surface area contributed by atoms with Gasteiger partial charge in [0.1, 0.15) is 11.5 Å². The number of benzene rings is 2. The van der Waals surface area contributed by atoms with E-state index in [2.05, 4.69) is 5.16 Å². The number of nitrogens with two attached hydrogens (primary N) is 1. The lowest BCUT2D eigenvalue weighted by molar-refractivity contribution is 0.404. The molecule has 0 spiro atoms. The van der Waals surface area contributed by atoms with Crippen LogP contribution in [0.5, 0.6) is 11.5 Å². The van der Waals surface area contributed by atoms with Crippen molar-refractivity contribution >= 4 is 16.6 Å². The molecule has 2 aromatic carbocycles. The van der Waals surface area contributed by atoms with Crippen molar-refractivity contribution in [3.63, 3.8) is 0 Å². The highest BCUT2D eigenvalue weighted by molar-refractivity contribution is 5.98. The van der Waals surface area contributed by atoms with Crippen molar-refractivity contribution in [2.45, 2.75) is 0 Å². The van der Waals surface area contributed by atoms with Crippen LogP contribution in [0.3, 0.4) is 0 Å². The van der Waals surface area contributed by atoms with E-state index >= 15 is 0 Å². The molecule has 3 rings (SSSR count). The summed E-state index contributed by atoms with van der Waals surface area (Å²) in [5.74, 6) is 2.32. The van der Waals surface area contributed by atoms with Gasteiger partial charge in [-0.3, -0.25) is 0 Å². The van der Waals surface area contributed by atoms with Gasteiger partial charge in [0.25, 0.3) is 0 Å². The molecular weight excluding hydrogens is 256 g/mol. The van der Waals surface area contributed by atoms with Gasteiger partial charge in [-0.2, -0.15) is 0 Å². The molecular formula is C15H14N2O3. The molecule has 0 radical (unpaired) electrons. The number of ether oxygens (including phenoxy) is 2. The van der Waals surface area contributed by atoms with Crippen molar-refractivity contribution in [3.8, 4) is 22.8 Å². The van der Waals surface area contributed by atoms with E-state index in [-0.39, 0.29) is 0 Å². The van der Waals surface area contributed by atoms with Gasteiger partial charge in [0, 0.05) is 16.8 Å². The highest BCUT2D eigenvalue weighted by Gasteiger charge is 2.17. The van der Waals surface area contributed by atoms with Crippen molar-refractivity contribution in [1.82, 2.24) is 5.16 Å². The molecule has 20 heavy (non-hydrogen) atoms. The van der Waals surface area contributed by atoms with Gasteiger partial charge < -0.3 is 19.7 Å². The average molecular weight is 270 g/mol. The Balaban J connectivity index is 2.36. The zero-order valence-electron chi connectivity index (χ0n) is 11.2. The van der Waals surface area contributed by atoms with Crippen molar-refractivity contribution in [2.75, 3.05) is 20.0 Å². The van der Waals surface area contributed by atoms with E-state index in [0.29, 0.717) is 17.3 Å². The van der Waals surface area contributed by atoms with E-state index in [1.54, 1.807) is 20.3 Å². The molecule has 0 aliphatic heterocycles. The quantitative estimate of drug-likeness (QED) is 0.791. The van der Waals surface area contributed by atoms with Gasteiger partial charge in [0.2, 0.25) is 0 Å². The lowest BCUT2D eigenvalue weighted by Gasteiger charge is -2.13.